The highest BCUT2D eigenvalue weighted by molar-refractivity contribution is 6.23. The van der Waals surface area contributed by atoms with Crippen molar-refractivity contribution in [2.75, 3.05) is 7.11 Å². The summed E-state index contributed by atoms with van der Waals surface area (Å²) in [6.45, 7) is 3.71. The highest BCUT2D eigenvalue weighted by atomic mass is 16.5. The molecule has 0 amide bonds. The minimum Gasteiger partial charge on any atom is -0.501 e. The molecule has 1 aromatic rings. The summed E-state index contributed by atoms with van der Waals surface area (Å²) in [7, 11) is 1.27. The molecule has 1 N–H and O–H groups in total. The van der Waals surface area contributed by atoms with Gasteiger partial charge in [-0.1, -0.05) is 37.6 Å². The summed E-state index contributed by atoms with van der Waals surface area (Å²) < 4.78 is 4.82. The van der Waals surface area contributed by atoms with Crippen LogP contribution in [0.4, 0.5) is 0 Å². The largest absolute Gasteiger partial charge is 0.501 e. The van der Waals surface area contributed by atoms with Crippen molar-refractivity contribution in [3.8, 4) is 0 Å². The first kappa shape index (κ1) is 16.0. The Hall–Kier alpha value is -2.36. The smallest absolute Gasteiger partial charge is 0.228 e. The van der Waals surface area contributed by atoms with Crippen molar-refractivity contribution in [3.63, 3.8) is 0 Å². The number of hydrogen-bond acceptors (Lipinski definition) is 4. The van der Waals surface area contributed by atoms with Gasteiger partial charge in [-0.2, -0.15) is 0 Å². The number of ketones is 2. The molecule has 0 atom stereocenters. The van der Waals surface area contributed by atoms with Crippen molar-refractivity contribution >= 4 is 11.6 Å². The number of hydrogen-bond donors (Lipinski definition) is 1. The molecule has 4 heteroatoms. The molecular formula is C18H20O4. The fraction of sp³-hybridized carbons (Fsp3) is 0.333. The number of allylic oxidation sites excluding steroid dienone is 2. The number of aliphatic hydroxyl groups is 1. The molecule has 0 unspecified atom stereocenters. The third-order valence-electron chi connectivity index (χ3n) is 3.85. The summed E-state index contributed by atoms with van der Waals surface area (Å²) in [5, 5.41) is 9.84. The fourth-order valence-corrected chi connectivity index (χ4v) is 2.55. The number of carbonyl (C=O) groups is 2. The average molecular weight is 300 g/mol. The molecule has 0 fully saturated rings. The van der Waals surface area contributed by atoms with Crippen LogP contribution in [0.15, 0.2) is 46.9 Å². The van der Waals surface area contributed by atoms with Gasteiger partial charge in [0, 0.05) is 17.6 Å². The summed E-state index contributed by atoms with van der Waals surface area (Å²) in [4.78, 5) is 24.3. The monoisotopic (exact) mass is 300 g/mol. The van der Waals surface area contributed by atoms with Gasteiger partial charge in [0.05, 0.1) is 7.11 Å². The van der Waals surface area contributed by atoms with Gasteiger partial charge in [0.2, 0.25) is 23.1 Å². The van der Waals surface area contributed by atoms with Gasteiger partial charge in [-0.25, -0.2) is 0 Å². The van der Waals surface area contributed by atoms with E-state index >= 15 is 0 Å². The van der Waals surface area contributed by atoms with Gasteiger partial charge in [-0.3, -0.25) is 9.59 Å². The molecule has 4 nitrogen and oxygen atoms in total. The van der Waals surface area contributed by atoms with Crippen molar-refractivity contribution in [1.82, 2.24) is 0 Å². The van der Waals surface area contributed by atoms with Crippen molar-refractivity contribution in [2.24, 2.45) is 0 Å². The molecule has 22 heavy (non-hydrogen) atoms. The molecule has 1 aliphatic rings. The molecule has 0 heterocycles. The lowest BCUT2D eigenvalue weighted by atomic mass is 9.89. The number of rotatable bonds is 5. The molecule has 0 spiro atoms. The van der Waals surface area contributed by atoms with Crippen LogP contribution >= 0.6 is 0 Å². The van der Waals surface area contributed by atoms with Gasteiger partial charge >= 0.3 is 0 Å². The summed E-state index contributed by atoms with van der Waals surface area (Å²) in [6, 6.07) is 7.96. The molecular weight excluding hydrogens is 280 g/mol. The standard InChI is InChI=1S/C18H20O4/c1-4-5-12-6-8-13(9-7-12)10-14-11(2)15(19)18(22-3)17(21)16(14)20/h6-9,21H,4-5,10H2,1-3H3. The van der Waals surface area contributed by atoms with Crippen LogP contribution in [0.5, 0.6) is 0 Å². The van der Waals surface area contributed by atoms with E-state index in [1.165, 1.54) is 12.7 Å². The number of carbonyl (C=O) groups excluding carboxylic acids is 2. The number of benzene rings is 1. The molecule has 0 saturated heterocycles. The first-order valence-corrected chi connectivity index (χ1v) is 7.33. The van der Waals surface area contributed by atoms with Crippen LogP contribution in [-0.4, -0.2) is 23.8 Å². The number of aryl methyl sites for hydroxylation is 1. The lowest BCUT2D eigenvalue weighted by molar-refractivity contribution is -0.120. The van der Waals surface area contributed by atoms with E-state index < -0.39 is 17.3 Å². The minimum absolute atomic E-state index is 0.274. The molecule has 1 aliphatic carbocycles. The maximum absolute atomic E-state index is 12.2. The van der Waals surface area contributed by atoms with Gasteiger partial charge in [-0.15, -0.1) is 0 Å². The zero-order chi connectivity index (χ0) is 16.3. The van der Waals surface area contributed by atoms with E-state index in [0.29, 0.717) is 17.6 Å². The molecule has 0 radical (unpaired) electrons. The Morgan fingerprint density at radius 2 is 1.64 bits per heavy atom. The van der Waals surface area contributed by atoms with Crippen molar-refractivity contribution in [3.05, 3.63) is 58.1 Å². The predicted molar refractivity (Wildman–Crippen MR) is 83.5 cm³/mol. The van der Waals surface area contributed by atoms with E-state index in [1.807, 2.05) is 24.3 Å². The number of ether oxygens (including phenoxy) is 1. The van der Waals surface area contributed by atoms with Gasteiger partial charge in [-0.05, 0) is 24.5 Å². The molecule has 0 aromatic heterocycles. The van der Waals surface area contributed by atoms with Gasteiger partial charge in [0.15, 0.2) is 0 Å². The van der Waals surface area contributed by atoms with Gasteiger partial charge in [0.25, 0.3) is 0 Å². The van der Waals surface area contributed by atoms with E-state index in [4.69, 9.17) is 4.74 Å². The Morgan fingerprint density at radius 1 is 1.05 bits per heavy atom. The number of methoxy groups -OCH3 is 1. The highest BCUT2D eigenvalue weighted by Crippen LogP contribution is 2.26. The number of Topliss-reactive ketones (excluding diaryl/α,β-unsaturated/α-hetero) is 2. The molecule has 116 valence electrons. The molecule has 0 bridgehead atoms. The second-order valence-corrected chi connectivity index (χ2v) is 5.39. The SMILES string of the molecule is CCCc1ccc(CC2=C(C)C(=O)C(OC)=C(O)C2=O)cc1. The third kappa shape index (κ3) is 2.96. The minimum atomic E-state index is -0.601. The van der Waals surface area contributed by atoms with Crippen molar-refractivity contribution < 1.29 is 19.4 Å². The van der Waals surface area contributed by atoms with Crippen LogP contribution < -0.4 is 0 Å². The van der Waals surface area contributed by atoms with E-state index in [-0.39, 0.29) is 5.76 Å². The Morgan fingerprint density at radius 3 is 2.18 bits per heavy atom. The maximum Gasteiger partial charge on any atom is 0.228 e. The summed E-state index contributed by atoms with van der Waals surface area (Å²) >= 11 is 0. The van der Waals surface area contributed by atoms with Crippen LogP contribution in [0.2, 0.25) is 0 Å². The quantitative estimate of drug-likeness (QED) is 0.849. The second kappa shape index (κ2) is 6.60. The van der Waals surface area contributed by atoms with Crippen molar-refractivity contribution in [1.29, 1.82) is 0 Å². The molecule has 1 aromatic carbocycles. The van der Waals surface area contributed by atoms with E-state index in [0.717, 1.165) is 18.4 Å². The first-order valence-electron chi connectivity index (χ1n) is 7.33. The zero-order valence-electron chi connectivity index (χ0n) is 13.1. The molecule has 0 saturated carbocycles. The predicted octanol–water partition coefficient (Wildman–Crippen LogP) is 3.07. The molecule has 0 aliphatic heterocycles. The van der Waals surface area contributed by atoms with Crippen LogP contribution in [-0.2, 0) is 27.2 Å². The van der Waals surface area contributed by atoms with Crippen LogP contribution in [0.25, 0.3) is 0 Å². The second-order valence-electron chi connectivity index (χ2n) is 5.39. The van der Waals surface area contributed by atoms with Gasteiger partial charge < -0.3 is 9.84 Å². The lowest BCUT2D eigenvalue weighted by Gasteiger charge is -2.18. The van der Waals surface area contributed by atoms with E-state index in [1.54, 1.807) is 6.92 Å². The summed E-state index contributed by atoms with van der Waals surface area (Å²) in [6.07, 6.45) is 2.42. The summed E-state index contributed by atoms with van der Waals surface area (Å²) in [5.41, 5.74) is 2.83. The Labute approximate surface area is 130 Å². The van der Waals surface area contributed by atoms with E-state index in [2.05, 4.69) is 6.92 Å². The zero-order valence-corrected chi connectivity index (χ0v) is 13.1. The van der Waals surface area contributed by atoms with Crippen LogP contribution in [0, 0.1) is 0 Å². The topological polar surface area (TPSA) is 63.6 Å². The fourth-order valence-electron chi connectivity index (χ4n) is 2.55. The Bertz CT molecular complexity index is 663. The van der Waals surface area contributed by atoms with Crippen LogP contribution in [0.3, 0.4) is 0 Å². The lowest BCUT2D eigenvalue weighted by Crippen LogP contribution is -2.25. The third-order valence-corrected chi connectivity index (χ3v) is 3.85. The Kier molecular flexibility index (Phi) is 4.81. The maximum atomic E-state index is 12.2. The first-order chi connectivity index (χ1) is 10.5. The van der Waals surface area contributed by atoms with Gasteiger partial charge in [0.1, 0.15) is 0 Å². The number of aliphatic hydroxyl groups excluding tert-OH is 1. The Balaban J connectivity index is 2.27. The normalized spacial score (nSPS) is 15.6. The van der Waals surface area contributed by atoms with Crippen molar-refractivity contribution in [2.45, 2.75) is 33.1 Å². The van der Waals surface area contributed by atoms with E-state index in [9.17, 15) is 14.7 Å². The summed E-state index contributed by atoms with van der Waals surface area (Å²) in [5.74, 6) is -1.84. The molecule has 2 rings (SSSR count). The average Bonchev–Trinajstić information content (AvgIpc) is 2.52. The van der Waals surface area contributed by atoms with Crippen LogP contribution in [0.1, 0.15) is 31.4 Å². The highest BCUT2D eigenvalue weighted by Gasteiger charge is 2.33.